The Bertz CT molecular complexity index is 797. The van der Waals surface area contributed by atoms with Gasteiger partial charge in [0.1, 0.15) is 5.82 Å². The Hall–Kier alpha value is -1.78. The van der Waals surface area contributed by atoms with E-state index < -0.39 is 0 Å². The molecule has 0 spiro atoms. The molecule has 1 aromatic carbocycles. The highest BCUT2D eigenvalue weighted by molar-refractivity contribution is 6.35. The number of aromatic nitrogens is 1. The lowest BCUT2D eigenvalue weighted by Gasteiger charge is -2.29. The van der Waals surface area contributed by atoms with E-state index in [0.717, 1.165) is 43.7 Å². The zero-order chi connectivity index (χ0) is 19.4. The number of benzene rings is 1. The molecule has 1 saturated carbocycles. The van der Waals surface area contributed by atoms with Crippen LogP contribution in [-0.4, -0.2) is 23.5 Å². The maximum atomic E-state index is 12.5. The number of nitrogens with zero attached hydrogens (tertiary/aromatic N) is 1. The highest BCUT2D eigenvalue weighted by atomic mass is 35.5. The number of anilines is 1. The van der Waals surface area contributed by atoms with E-state index in [4.69, 9.17) is 23.2 Å². The van der Waals surface area contributed by atoms with Crippen molar-refractivity contribution in [3.05, 3.63) is 57.2 Å². The smallest absolute Gasteiger partial charge is 0.253 e. The second-order valence-corrected chi connectivity index (χ2v) is 8.21. The third-order valence-corrected chi connectivity index (χ3v) is 5.59. The minimum Gasteiger partial charge on any atom is -0.370 e. The zero-order valence-electron chi connectivity index (χ0n) is 15.7. The largest absolute Gasteiger partial charge is 0.370 e. The first-order chi connectivity index (χ1) is 12.9. The predicted molar refractivity (Wildman–Crippen MR) is 112 cm³/mol. The minimum absolute atomic E-state index is 0.150. The molecule has 1 aliphatic carbocycles. The summed E-state index contributed by atoms with van der Waals surface area (Å²) in [4.78, 5) is 17.0. The maximum Gasteiger partial charge on any atom is 0.253 e. The van der Waals surface area contributed by atoms with Crippen LogP contribution in [0.25, 0.3) is 0 Å². The van der Waals surface area contributed by atoms with Crippen LogP contribution in [0.4, 0.5) is 5.82 Å². The van der Waals surface area contributed by atoms with Gasteiger partial charge in [-0.05, 0) is 81.3 Å². The Morgan fingerprint density at radius 3 is 2.56 bits per heavy atom. The average molecular weight is 406 g/mol. The number of hydrogen-bond donors (Lipinski definition) is 2. The SMILES string of the molecule is Cc1cc(C)nc(NC[C@H]2CC[C@H](NC(=O)c3cc(Cl)ccc3Cl)CC2)c1. The Labute approximate surface area is 170 Å². The summed E-state index contributed by atoms with van der Waals surface area (Å²) in [7, 11) is 0. The summed E-state index contributed by atoms with van der Waals surface area (Å²) in [6.45, 7) is 5.01. The van der Waals surface area contributed by atoms with E-state index in [0.29, 0.717) is 21.5 Å². The molecule has 6 heteroatoms. The number of carbonyl (C=O) groups excluding carboxylic acids is 1. The van der Waals surface area contributed by atoms with Crippen molar-refractivity contribution < 1.29 is 4.79 Å². The van der Waals surface area contributed by atoms with E-state index in [1.165, 1.54) is 5.56 Å². The monoisotopic (exact) mass is 405 g/mol. The molecule has 0 radical (unpaired) electrons. The van der Waals surface area contributed by atoms with Gasteiger partial charge in [-0.1, -0.05) is 23.2 Å². The quantitative estimate of drug-likeness (QED) is 0.699. The molecule has 0 aliphatic heterocycles. The first-order valence-electron chi connectivity index (χ1n) is 9.36. The van der Waals surface area contributed by atoms with Crippen molar-refractivity contribution in [3.8, 4) is 0 Å². The van der Waals surface area contributed by atoms with Crippen LogP contribution < -0.4 is 10.6 Å². The fourth-order valence-corrected chi connectivity index (χ4v) is 4.00. The van der Waals surface area contributed by atoms with Crippen molar-refractivity contribution in [1.82, 2.24) is 10.3 Å². The van der Waals surface area contributed by atoms with E-state index in [2.05, 4.69) is 34.7 Å². The van der Waals surface area contributed by atoms with Gasteiger partial charge in [-0.15, -0.1) is 0 Å². The van der Waals surface area contributed by atoms with Crippen molar-refractivity contribution in [1.29, 1.82) is 0 Å². The fraction of sp³-hybridized carbons (Fsp3) is 0.429. The summed E-state index contributed by atoms with van der Waals surface area (Å²) < 4.78 is 0. The van der Waals surface area contributed by atoms with Gasteiger partial charge >= 0.3 is 0 Å². The van der Waals surface area contributed by atoms with Gasteiger partial charge in [0, 0.05) is 23.3 Å². The summed E-state index contributed by atoms with van der Waals surface area (Å²) >= 11 is 12.1. The molecule has 0 bridgehead atoms. The number of aryl methyl sites for hydroxylation is 2. The van der Waals surface area contributed by atoms with Crippen LogP contribution in [-0.2, 0) is 0 Å². The van der Waals surface area contributed by atoms with Gasteiger partial charge < -0.3 is 10.6 Å². The number of hydrogen-bond acceptors (Lipinski definition) is 3. The standard InChI is InChI=1S/C21H25Cl2N3O/c1-13-9-14(2)25-20(10-13)24-12-15-3-6-17(7-4-15)26-21(27)18-11-16(22)5-8-19(18)23/h5,8-11,15,17H,3-4,6-7,12H2,1-2H3,(H,24,25)(H,26,27)/t15-,17-. The van der Waals surface area contributed by atoms with Crippen molar-refractivity contribution in [2.45, 2.75) is 45.6 Å². The van der Waals surface area contributed by atoms with Crippen LogP contribution in [0.3, 0.4) is 0 Å². The van der Waals surface area contributed by atoms with Crippen LogP contribution in [0.15, 0.2) is 30.3 Å². The second-order valence-electron chi connectivity index (χ2n) is 7.37. The summed E-state index contributed by atoms with van der Waals surface area (Å²) in [5, 5.41) is 7.50. The number of halogens is 2. The molecule has 2 N–H and O–H groups in total. The Morgan fingerprint density at radius 2 is 1.85 bits per heavy atom. The van der Waals surface area contributed by atoms with E-state index in [1.807, 2.05) is 6.92 Å². The first kappa shape index (κ1) is 20.0. The van der Waals surface area contributed by atoms with E-state index in [1.54, 1.807) is 18.2 Å². The molecule has 0 unspecified atom stereocenters. The third kappa shape index (κ3) is 5.60. The van der Waals surface area contributed by atoms with Gasteiger partial charge in [0.2, 0.25) is 0 Å². The van der Waals surface area contributed by atoms with Gasteiger partial charge in [0.05, 0.1) is 10.6 Å². The molecule has 2 aromatic rings. The number of nitrogens with one attached hydrogen (secondary N) is 2. The fourth-order valence-electron chi connectivity index (χ4n) is 3.63. The van der Waals surface area contributed by atoms with Gasteiger partial charge in [-0.2, -0.15) is 0 Å². The Kier molecular flexibility index (Phi) is 6.61. The Morgan fingerprint density at radius 1 is 1.11 bits per heavy atom. The minimum atomic E-state index is -0.150. The summed E-state index contributed by atoms with van der Waals surface area (Å²) in [5.74, 6) is 1.39. The van der Waals surface area contributed by atoms with Crippen molar-refractivity contribution in [2.24, 2.45) is 5.92 Å². The second kappa shape index (κ2) is 8.94. The van der Waals surface area contributed by atoms with Crippen LogP contribution in [0.5, 0.6) is 0 Å². The van der Waals surface area contributed by atoms with Crippen LogP contribution in [0, 0.1) is 19.8 Å². The van der Waals surface area contributed by atoms with Crippen molar-refractivity contribution in [2.75, 3.05) is 11.9 Å². The Balaban J connectivity index is 1.47. The normalized spacial score (nSPS) is 19.6. The summed E-state index contributed by atoms with van der Waals surface area (Å²) in [6.07, 6.45) is 4.09. The van der Waals surface area contributed by atoms with Crippen LogP contribution in [0.2, 0.25) is 10.0 Å². The molecule has 1 fully saturated rings. The average Bonchev–Trinajstić information content (AvgIpc) is 2.62. The molecule has 0 atom stereocenters. The number of rotatable bonds is 5. The van der Waals surface area contributed by atoms with Crippen molar-refractivity contribution >= 4 is 34.9 Å². The molecule has 1 amide bonds. The lowest BCUT2D eigenvalue weighted by atomic mass is 9.86. The molecule has 0 saturated heterocycles. The lowest BCUT2D eigenvalue weighted by molar-refractivity contribution is 0.0923. The molecule has 1 heterocycles. The van der Waals surface area contributed by atoms with E-state index in [9.17, 15) is 4.79 Å². The van der Waals surface area contributed by atoms with E-state index >= 15 is 0 Å². The molecule has 27 heavy (non-hydrogen) atoms. The number of amides is 1. The lowest BCUT2D eigenvalue weighted by Crippen LogP contribution is -2.38. The van der Waals surface area contributed by atoms with Crippen LogP contribution in [0.1, 0.15) is 47.3 Å². The van der Waals surface area contributed by atoms with Gasteiger partial charge in [0.15, 0.2) is 0 Å². The maximum absolute atomic E-state index is 12.5. The number of pyridine rings is 1. The molecule has 1 aromatic heterocycles. The number of carbonyl (C=O) groups is 1. The molecule has 1 aliphatic rings. The van der Waals surface area contributed by atoms with Gasteiger partial charge in [0.25, 0.3) is 5.91 Å². The topological polar surface area (TPSA) is 54.0 Å². The molecular formula is C21H25Cl2N3O. The van der Waals surface area contributed by atoms with Crippen LogP contribution >= 0.6 is 23.2 Å². The highest BCUT2D eigenvalue weighted by Crippen LogP contribution is 2.26. The molecule has 3 rings (SSSR count). The molecule has 4 nitrogen and oxygen atoms in total. The van der Waals surface area contributed by atoms with Gasteiger partial charge in [-0.25, -0.2) is 4.98 Å². The highest BCUT2D eigenvalue weighted by Gasteiger charge is 2.23. The zero-order valence-corrected chi connectivity index (χ0v) is 17.2. The first-order valence-corrected chi connectivity index (χ1v) is 10.1. The summed E-state index contributed by atoms with van der Waals surface area (Å²) in [5.41, 5.74) is 2.69. The predicted octanol–water partition coefficient (Wildman–Crippen LogP) is 5.41. The van der Waals surface area contributed by atoms with Gasteiger partial charge in [-0.3, -0.25) is 4.79 Å². The van der Waals surface area contributed by atoms with Crippen molar-refractivity contribution in [3.63, 3.8) is 0 Å². The summed E-state index contributed by atoms with van der Waals surface area (Å²) in [6, 6.07) is 9.29. The molecular weight excluding hydrogens is 381 g/mol. The molecule has 144 valence electrons. The van der Waals surface area contributed by atoms with E-state index in [-0.39, 0.29) is 11.9 Å². The third-order valence-electron chi connectivity index (χ3n) is 5.02.